The Kier molecular flexibility index (Phi) is 3.01. The van der Waals surface area contributed by atoms with Crippen molar-refractivity contribution >= 4 is 27.2 Å². The summed E-state index contributed by atoms with van der Waals surface area (Å²) in [5, 5.41) is 8.95. The van der Waals surface area contributed by atoms with Crippen molar-refractivity contribution in [1.29, 1.82) is 5.26 Å². The van der Waals surface area contributed by atoms with Crippen molar-refractivity contribution in [3.8, 4) is 17.6 Å². The third kappa shape index (κ3) is 2.06. The third-order valence-electron chi connectivity index (χ3n) is 3.04. The normalized spacial score (nSPS) is 10.4. The van der Waals surface area contributed by atoms with Crippen LogP contribution in [0.4, 0.5) is 5.69 Å². The van der Waals surface area contributed by atoms with Crippen LogP contribution < -0.4 is 10.5 Å². The summed E-state index contributed by atoms with van der Waals surface area (Å²) >= 11 is 1.54. The second-order valence-corrected chi connectivity index (χ2v) is 5.26. The van der Waals surface area contributed by atoms with E-state index in [1.807, 2.05) is 25.1 Å². The molecule has 0 saturated heterocycles. The molecular weight excluding hydrogens is 270 g/mol. The molecule has 1 aromatic heterocycles. The van der Waals surface area contributed by atoms with Gasteiger partial charge in [0.1, 0.15) is 17.0 Å². The SMILES string of the molecule is Cc1ccc(C#N)cc1Oc1ccc2scnc2c1N. The zero-order chi connectivity index (χ0) is 14.1. The zero-order valence-electron chi connectivity index (χ0n) is 10.8. The summed E-state index contributed by atoms with van der Waals surface area (Å²) in [4.78, 5) is 4.24. The molecule has 0 aliphatic rings. The Morgan fingerprint density at radius 3 is 2.90 bits per heavy atom. The van der Waals surface area contributed by atoms with Gasteiger partial charge < -0.3 is 10.5 Å². The molecule has 5 heteroatoms. The molecule has 1 heterocycles. The highest BCUT2D eigenvalue weighted by Gasteiger charge is 2.10. The van der Waals surface area contributed by atoms with Gasteiger partial charge in [-0.15, -0.1) is 11.3 Å². The molecule has 4 nitrogen and oxygen atoms in total. The Morgan fingerprint density at radius 2 is 2.10 bits per heavy atom. The first-order chi connectivity index (χ1) is 9.69. The number of nitrogen functional groups attached to an aromatic ring is 1. The van der Waals surface area contributed by atoms with E-state index >= 15 is 0 Å². The lowest BCUT2D eigenvalue weighted by atomic mass is 10.1. The van der Waals surface area contributed by atoms with Gasteiger partial charge in [0.25, 0.3) is 0 Å². The van der Waals surface area contributed by atoms with Crippen LogP contribution in [0.25, 0.3) is 10.2 Å². The van der Waals surface area contributed by atoms with Crippen LogP contribution in [0.5, 0.6) is 11.5 Å². The highest BCUT2D eigenvalue weighted by molar-refractivity contribution is 7.16. The van der Waals surface area contributed by atoms with Crippen LogP contribution in [0.2, 0.25) is 0 Å². The van der Waals surface area contributed by atoms with Gasteiger partial charge in [-0.1, -0.05) is 6.07 Å². The first-order valence-corrected chi connectivity index (χ1v) is 6.87. The second kappa shape index (κ2) is 4.83. The van der Waals surface area contributed by atoms with Crippen molar-refractivity contribution in [1.82, 2.24) is 4.98 Å². The molecule has 0 amide bonds. The molecule has 3 rings (SSSR count). The van der Waals surface area contributed by atoms with E-state index in [0.29, 0.717) is 22.7 Å². The predicted octanol–water partition coefficient (Wildman–Crippen LogP) is 3.85. The fraction of sp³-hybridized carbons (Fsp3) is 0.0667. The summed E-state index contributed by atoms with van der Waals surface area (Å²) in [6.07, 6.45) is 0. The number of nitriles is 1. The van der Waals surface area contributed by atoms with Crippen LogP contribution in [0.15, 0.2) is 35.8 Å². The minimum absolute atomic E-state index is 0.519. The fourth-order valence-electron chi connectivity index (χ4n) is 1.92. The number of nitrogens with zero attached hydrogens (tertiary/aromatic N) is 2. The molecule has 20 heavy (non-hydrogen) atoms. The van der Waals surface area contributed by atoms with Crippen LogP contribution in [-0.2, 0) is 0 Å². The van der Waals surface area contributed by atoms with Gasteiger partial charge in [-0.25, -0.2) is 4.98 Å². The van der Waals surface area contributed by atoms with Crippen LogP contribution in [0.1, 0.15) is 11.1 Å². The number of rotatable bonds is 2. The summed E-state index contributed by atoms with van der Waals surface area (Å²) in [6.45, 7) is 1.92. The van der Waals surface area contributed by atoms with E-state index in [-0.39, 0.29) is 0 Å². The van der Waals surface area contributed by atoms with E-state index in [2.05, 4.69) is 11.1 Å². The maximum Gasteiger partial charge on any atom is 0.152 e. The Balaban J connectivity index is 2.05. The first kappa shape index (κ1) is 12.5. The average molecular weight is 281 g/mol. The van der Waals surface area contributed by atoms with Gasteiger partial charge in [-0.2, -0.15) is 5.26 Å². The number of nitrogens with two attached hydrogens (primary N) is 1. The van der Waals surface area contributed by atoms with Crippen LogP contribution in [-0.4, -0.2) is 4.98 Å². The fourth-order valence-corrected chi connectivity index (χ4v) is 2.61. The Morgan fingerprint density at radius 1 is 1.25 bits per heavy atom. The lowest BCUT2D eigenvalue weighted by Gasteiger charge is -2.11. The maximum absolute atomic E-state index is 8.95. The second-order valence-electron chi connectivity index (χ2n) is 4.37. The predicted molar refractivity (Wildman–Crippen MR) is 80.0 cm³/mol. The molecule has 0 aliphatic heterocycles. The highest BCUT2D eigenvalue weighted by Crippen LogP contribution is 2.35. The zero-order valence-corrected chi connectivity index (χ0v) is 11.6. The summed E-state index contributed by atoms with van der Waals surface area (Å²) in [5.74, 6) is 1.19. The molecule has 0 spiro atoms. The lowest BCUT2D eigenvalue weighted by molar-refractivity contribution is 0.481. The maximum atomic E-state index is 8.95. The standard InChI is InChI=1S/C15H11N3OS/c1-9-2-3-10(7-16)6-12(9)19-11-4-5-13-15(14(11)17)18-8-20-13/h2-6,8H,17H2,1H3. The summed E-state index contributed by atoms with van der Waals surface area (Å²) in [6, 6.07) is 11.2. The third-order valence-corrected chi connectivity index (χ3v) is 3.83. The number of aryl methyl sites for hydroxylation is 1. The summed E-state index contributed by atoms with van der Waals surface area (Å²) in [5.41, 5.74) is 10.6. The van der Waals surface area contributed by atoms with E-state index in [1.165, 1.54) is 11.3 Å². The minimum Gasteiger partial charge on any atom is -0.455 e. The first-order valence-electron chi connectivity index (χ1n) is 5.99. The number of hydrogen-bond donors (Lipinski definition) is 1. The van der Waals surface area contributed by atoms with Gasteiger partial charge in [0.15, 0.2) is 5.75 Å². The van der Waals surface area contributed by atoms with E-state index < -0.39 is 0 Å². The molecule has 98 valence electrons. The molecule has 0 unspecified atom stereocenters. The monoisotopic (exact) mass is 281 g/mol. The van der Waals surface area contributed by atoms with Crippen LogP contribution >= 0.6 is 11.3 Å². The molecule has 0 radical (unpaired) electrons. The smallest absolute Gasteiger partial charge is 0.152 e. The van der Waals surface area contributed by atoms with Gasteiger partial charge in [-0.05, 0) is 36.8 Å². The molecule has 0 bridgehead atoms. The van der Waals surface area contributed by atoms with Gasteiger partial charge in [0.2, 0.25) is 0 Å². The summed E-state index contributed by atoms with van der Waals surface area (Å²) in [7, 11) is 0. The van der Waals surface area contributed by atoms with Gasteiger partial charge >= 0.3 is 0 Å². The molecular formula is C15H11N3OS. The molecule has 3 aromatic rings. The Labute approximate surface area is 120 Å². The van der Waals surface area contributed by atoms with Crippen LogP contribution in [0, 0.1) is 18.3 Å². The van der Waals surface area contributed by atoms with Gasteiger partial charge in [0, 0.05) is 0 Å². The highest BCUT2D eigenvalue weighted by atomic mass is 32.1. The Hall–Kier alpha value is -2.58. The number of thiazole rings is 1. The number of anilines is 1. The minimum atomic E-state index is 0.519. The number of aromatic nitrogens is 1. The van der Waals surface area contributed by atoms with Crippen LogP contribution in [0.3, 0.4) is 0 Å². The van der Waals surface area contributed by atoms with E-state index in [4.69, 9.17) is 15.7 Å². The molecule has 2 aromatic carbocycles. The molecule has 0 fully saturated rings. The van der Waals surface area contributed by atoms with Crippen molar-refractivity contribution in [2.45, 2.75) is 6.92 Å². The largest absolute Gasteiger partial charge is 0.455 e. The number of benzene rings is 2. The van der Waals surface area contributed by atoms with E-state index in [1.54, 1.807) is 17.6 Å². The van der Waals surface area contributed by atoms with Crippen molar-refractivity contribution in [2.75, 3.05) is 5.73 Å². The number of fused-ring (bicyclic) bond motifs is 1. The van der Waals surface area contributed by atoms with Crippen molar-refractivity contribution in [2.24, 2.45) is 0 Å². The molecule has 0 aliphatic carbocycles. The van der Waals surface area contributed by atoms with Crippen molar-refractivity contribution < 1.29 is 4.74 Å². The topological polar surface area (TPSA) is 71.9 Å². The molecule has 0 atom stereocenters. The molecule has 0 saturated carbocycles. The Bertz CT molecular complexity index is 833. The van der Waals surface area contributed by atoms with Gasteiger partial charge in [0.05, 0.1) is 21.8 Å². The number of hydrogen-bond acceptors (Lipinski definition) is 5. The van der Waals surface area contributed by atoms with E-state index in [9.17, 15) is 0 Å². The average Bonchev–Trinajstić information content (AvgIpc) is 2.93. The quantitative estimate of drug-likeness (QED) is 0.724. The van der Waals surface area contributed by atoms with Gasteiger partial charge in [-0.3, -0.25) is 0 Å². The van der Waals surface area contributed by atoms with E-state index in [0.717, 1.165) is 15.8 Å². The molecule has 2 N–H and O–H groups in total. The summed E-state index contributed by atoms with van der Waals surface area (Å²) < 4.78 is 6.87. The van der Waals surface area contributed by atoms with Crippen molar-refractivity contribution in [3.05, 3.63) is 47.0 Å². The number of ether oxygens (including phenoxy) is 1. The lowest BCUT2D eigenvalue weighted by Crippen LogP contribution is -1.95. The van der Waals surface area contributed by atoms with Crippen molar-refractivity contribution in [3.63, 3.8) is 0 Å².